The number of hydrogen-bond donors (Lipinski definition) is 1. The summed E-state index contributed by atoms with van der Waals surface area (Å²) in [4.78, 5) is 16.1. The van der Waals surface area contributed by atoms with Gasteiger partial charge in [-0.1, -0.05) is 72.7 Å². The number of nitrogens with zero attached hydrogens (tertiary/aromatic N) is 1. The van der Waals surface area contributed by atoms with Crippen molar-refractivity contribution in [3.63, 3.8) is 0 Å². The van der Waals surface area contributed by atoms with E-state index in [-0.39, 0.29) is 50.2 Å². The minimum atomic E-state index is -0.737. The molecule has 5 aliphatic carbocycles. The normalized spacial score (nSPS) is 46.2. The summed E-state index contributed by atoms with van der Waals surface area (Å²) >= 11 is 2.01. The summed E-state index contributed by atoms with van der Waals surface area (Å²) in [6, 6.07) is 13.2. The molecule has 4 saturated carbocycles. The molecule has 5 aliphatic rings. The number of carbonyl (C=O) groups excluding carboxylic acids is 1. The van der Waals surface area contributed by atoms with Crippen molar-refractivity contribution in [2.75, 3.05) is 5.75 Å². The van der Waals surface area contributed by atoms with Gasteiger partial charge >= 0.3 is 0 Å². The number of aliphatic hydroxyl groups excluding tert-OH is 1. The first kappa shape index (κ1) is 29.5. The maximum Gasteiger partial charge on any atom is 0.137 e. The molecule has 0 radical (unpaired) electrons. The Morgan fingerprint density at radius 1 is 0.927 bits per heavy atom. The van der Waals surface area contributed by atoms with E-state index in [4.69, 9.17) is 0 Å². The van der Waals surface area contributed by atoms with Crippen LogP contribution in [0.5, 0.6) is 0 Å². The average Bonchev–Trinajstić information content (AvgIpc) is 2.92. The third kappa shape index (κ3) is 4.11. The number of aliphatic hydroxyl groups is 1. The van der Waals surface area contributed by atoms with Crippen molar-refractivity contribution >= 4 is 17.5 Å². The lowest BCUT2D eigenvalue weighted by molar-refractivity contribution is -0.225. The highest BCUT2D eigenvalue weighted by atomic mass is 32.2. The number of rotatable bonds is 3. The molecule has 3 nitrogen and oxygen atoms in total. The van der Waals surface area contributed by atoms with E-state index in [0.29, 0.717) is 23.7 Å². The lowest BCUT2D eigenvalue weighted by Gasteiger charge is -2.72. The minimum absolute atomic E-state index is 0.0204. The molecule has 0 aromatic heterocycles. The first-order valence-electron chi connectivity index (χ1n) is 16.2. The molecular weight excluding hydrogens is 522 g/mol. The van der Waals surface area contributed by atoms with E-state index < -0.39 is 6.10 Å². The Balaban J connectivity index is 1.41. The van der Waals surface area contributed by atoms with Gasteiger partial charge in [0, 0.05) is 23.0 Å². The highest BCUT2D eigenvalue weighted by molar-refractivity contribution is 7.99. The van der Waals surface area contributed by atoms with Gasteiger partial charge in [-0.15, -0.1) is 11.8 Å². The van der Waals surface area contributed by atoms with E-state index in [1.807, 2.05) is 11.8 Å². The van der Waals surface area contributed by atoms with Crippen LogP contribution in [0.4, 0.5) is 0 Å². The molecular formula is C37H51NO2S. The van der Waals surface area contributed by atoms with E-state index in [0.717, 1.165) is 31.4 Å². The summed E-state index contributed by atoms with van der Waals surface area (Å²) in [5.41, 5.74) is 0.291. The monoisotopic (exact) mass is 573 g/mol. The molecule has 0 heterocycles. The minimum Gasteiger partial charge on any atom is -0.387 e. The fraction of sp³-hybridized carbons (Fsp3) is 0.730. The number of carbonyl (C=O) groups is 1. The molecule has 41 heavy (non-hydrogen) atoms. The van der Waals surface area contributed by atoms with Crippen molar-refractivity contribution < 1.29 is 9.90 Å². The molecule has 9 atom stereocenters. The maximum atomic E-state index is 14.8. The van der Waals surface area contributed by atoms with Crippen LogP contribution < -0.4 is 0 Å². The lowest BCUT2D eigenvalue weighted by Crippen LogP contribution is -2.69. The van der Waals surface area contributed by atoms with Crippen LogP contribution in [-0.4, -0.2) is 22.7 Å². The molecule has 0 spiro atoms. The molecule has 1 N–H and O–H groups in total. The van der Waals surface area contributed by atoms with Crippen LogP contribution in [0.1, 0.15) is 99.8 Å². The van der Waals surface area contributed by atoms with Crippen LogP contribution >= 0.6 is 11.8 Å². The average molecular weight is 574 g/mol. The molecule has 222 valence electrons. The Morgan fingerprint density at radius 2 is 1.61 bits per heavy atom. The molecule has 1 aromatic rings. The van der Waals surface area contributed by atoms with Gasteiger partial charge in [-0.05, 0) is 107 Å². The fourth-order valence-corrected chi connectivity index (χ4v) is 12.9. The second-order valence-corrected chi connectivity index (χ2v) is 17.9. The first-order valence-corrected chi connectivity index (χ1v) is 17.1. The van der Waals surface area contributed by atoms with Gasteiger partial charge in [-0.25, -0.2) is 0 Å². The third-order valence-corrected chi connectivity index (χ3v) is 15.5. The largest absolute Gasteiger partial charge is 0.387 e. The van der Waals surface area contributed by atoms with Gasteiger partial charge in [-0.2, -0.15) is 5.26 Å². The maximum absolute atomic E-state index is 14.8. The van der Waals surface area contributed by atoms with E-state index >= 15 is 0 Å². The third-order valence-electron chi connectivity index (χ3n) is 14.1. The highest BCUT2D eigenvalue weighted by Crippen LogP contribution is 2.76. The molecule has 3 unspecified atom stereocenters. The predicted molar refractivity (Wildman–Crippen MR) is 167 cm³/mol. The van der Waals surface area contributed by atoms with E-state index in [1.54, 1.807) is 0 Å². The summed E-state index contributed by atoms with van der Waals surface area (Å²) in [5.74, 6) is 2.58. The molecule has 4 heteroatoms. The number of benzene rings is 1. The Hall–Kier alpha value is -1.57. The van der Waals surface area contributed by atoms with Crippen molar-refractivity contribution in [2.45, 2.75) is 111 Å². The summed E-state index contributed by atoms with van der Waals surface area (Å²) in [5, 5.41) is 21.2. The second-order valence-electron chi connectivity index (χ2n) is 16.9. The standard InChI is InChI=1S/C37H51NO2S/c1-32(2)15-17-37(23-41-25-11-9-8-10-12-25)18-16-36(7)30(26(37)21-32)27(39)19-29-34(5)20-24(22-38)31(40)33(3,4)28(34)13-14-35(29,36)6/h8-12,20,26,28-31,40H,13-19,21,23H2,1-7H3/t26?,28-,29+,30?,31?,34-,35+,36+,37+/m0/s1. The zero-order chi connectivity index (χ0) is 29.6. The van der Waals surface area contributed by atoms with Crippen molar-refractivity contribution in [3.05, 3.63) is 42.0 Å². The van der Waals surface area contributed by atoms with Crippen molar-refractivity contribution in [3.8, 4) is 6.07 Å². The van der Waals surface area contributed by atoms with Crippen molar-refractivity contribution in [1.29, 1.82) is 5.26 Å². The summed E-state index contributed by atoms with van der Waals surface area (Å²) in [7, 11) is 0. The Labute approximate surface area is 252 Å². The van der Waals surface area contributed by atoms with Gasteiger partial charge < -0.3 is 5.11 Å². The molecule has 0 amide bonds. The van der Waals surface area contributed by atoms with Crippen LogP contribution in [0, 0.1) is 67.5 Å². The summed E-state index contributed by atoms with van der Waals surface area (Å²) in [6.45, 7) is 16.5. The molecule has 1 aromatic carbocycles. The van der Waals surface area contributed by atoms with Gasteiger partial charge in [0.1, 0.15) is 5.78 Å². The van der Waals surface area contributed by atoms with E-state index in [2.05, 4.69) is 90.9 Å². The van der Waals surface area contributed by atoms with Gasteiger partial charge in [-0.3, -0.25) is 4.79 Å². The van der Waals surface area contributed by atoms with E-state index in [9.17, 15) is 15.2 Å². The van der Waals surface area contributed by atoms with Crippen LogP contribution in [0.15, 0.2) is 46.9 Å². The number of hydrogen-bond acceptors (Lipinski definition) is 4. The van der Waals surface area contributed by atoms with Crippen molar-refractivity contribution in [1.82, 2.24) is 0 Å². The number of fused-ring (bicyclic) bond motifs is 7. The Bertz CT molecular complexity index is 1290. The summed E-state index contributed by atoms with van der Waals surface area (Å²) < 4.78 is 0. The molecule has 4 fully saturated rings. The number of allylic oxidation sites excluding steroid dienone is 1. The first-order chi connectivity index (χ1) is 19.1. The molecule has 0 saturated heterocycles. The fourth-order valence-electron chi connectivity index (χ4n) is 11.6. The lowest BCUT2D eigenvalue weighted by atomic mass is 9.31. The highest BCUT2D eigenvalue weighted by Gasteiger charge is 2.72. The van der Waals surface area contributed by atoms with Crippen LogP contribution in [-0.2, 0) is 4.79 Å². The number of ketones is 1. The molecule has 6 rings (SSSR count). The van der Waals surface area contributed by atoms with Crippen LogP contribution in [0.3, 0.4) is 0 Å². The zero-order valence-electron chi connectivity index (χ0n) is 26.4. The van der Waals surface area contributed by atoms with Crippen LogP contribution in [0.25, 0.3) is 0 Å². The number of Topliss-reactive ketones (excluding diaryl/α,β-unsaturated/α-hetero) is 1. The summed E-state index contributed by atoms with van der Waals surface area (Å²) in [6.07, 6.45) is 10.1. The topological polar surface area (TPSA) is 61.1 Å². The Morgan fingerprint density at radius 3 is 2.29 bits per heavy atom. The SMILES string of the molecule is CC1(C)CC[C@]2(CSc3ccccc3)CC[C@]3(C)C(C(=O)C[C@@H]4[C@@]5(C)C=C(C#N)C(O)C(C)(C)[C@@H]5CC[C@]43C)C2C1. The van der Waals surface area contributed by atoms with Gasteiger partial charge in [0.15, 0.2) is 0 Å². The van der Waals surface area contributed by atoms with Crippen molar-refractivity contribution in [2.24, 2.45) is 56.2 Å². The van der Waals surface area contributed by atoms with Gasteiger partial charge in [0.2, 0.25) is 0 Å². The predicted octanol–water partition coefficient (Wildman–Crippen LogP) is 8.87. The second kappa shape index (κ2) is 9.46. The van der Waals surface area contributed by atoms with Gasteiger partial charge in [0.25, 0.3) is 0 Å². The van der Waals surface area contributed by atoms with Gasteiger partial charge in [0.05, 0.1) is 17.7 Å². The quantitative estimate of drug-likeness (QED) is 0.367. The number of nitriles is 1. The number of thioether (sulfide) groups is 1. The molecule has 0 bridgehead atoms. The van der Waals surface area contributed by atoms with Crippen LogP contribution in [0.2, 0.25) is 0 Å². The Kier molecular flexibility index (Phi) is 6.81. The van der Waals surface area contributed by atoms with E-state index in [1.165, 1.54) is 24.2 Å². The smallest absolute Gasteiger partial charge is 0.137 e. The zero-order valence-corrected chi connectivity index (χ0v) is 27.2. The molecule has 0 aliphatic heterocycles.